The lowest BCUT2D eigenvalue weighted by Gasteiger charge is -2.08. The van der Waals surface area contributed by atoms with Crippen LogP contribution in [0.2, 0.25) is 5.02 Å². The summed E-state index contributed by atoms with van der Waals surface area (Å²) in [6.45, 7) is 0. The minimum atomic E-state index is -0.382. The highest BCUT2D eigenvalue weighted by Crippen LogP contribution is 2.38. The zero-order valence-electron chi connectivity index (χ0n) is 14.1. The molecule has 1 heterocycles. The summed E-state index contributed by atoms with van der Waals surface area (Å²) in [7, 11) is 1.37. The van der Waals surface area contributed by atoms with Crippen LogP contribution in [0.5, 0.6) is 0 Å². The topological polar surface area (TPSA) is 55.4 Å². The van der Waals surface area contributed by atoms with E-state index in [4.69, 9.17) is 16.3 Å². The minimum absolute atomic E-state index is 0.169. The molecule has 132 valence electrons. The molecular weight excluding hydrogens is 358 g/mol. The number of ether oxygens (including phenoxy) is 1. The molecule has 3 rings (SSSR count). The molecule has 25 heavy (non-hydrogen) atoms. The van der Waals surface area contributed by atoms with Gasteiger partial charge in [0.2, 0.25) is 5.91 Å². The van der Waals surface area contributed by atoms with Gasteiger partial charge in [0.05, 0.1) is 19.1 Å². The number of carbonyl (C=O) groups is 2. The number of nitrogens with one attached hydrogen (secondary N) is 1. The number of amides is 1. The van der Waals surface area contributed by atoms with Crippen LogP contribution in [0, 0.1) is 0 Å². The highest BCUT2D eigenvalue weighted by atomic mass is 35.5. The SMILES string of the molecule is COC(=O)c1c(NC(=O)Cc2ccccc2Cl)sc2c1CCCCC2. The Hall–Kier alpha value is -1.85. The summed E-state index contributed by atoms with van der Waals surface area (Å²) in [6.07, 6.45) is 5.31. The van der Waals surface area contributed by atoms with Gasteiger partial charge in [-0.05, 0) is 42.9 Å². The Morgan fingerprint density at radius 1 is 1.20 bits per heavy atom. The third-order valence-corrected chi connectivity index (χ3v) is 5.95. The number of methoxy groups -OCH3 is 1. The number of halogens is 1. The second-order valence-electron chi connectivity index (χ2n) is 6.08. The van der Waals surface area contributed by atoms with Crippen LogP contribution in [-0.2, 0) is 28.8 Å². The standard InChI is InChI=1S/C19H20ClNO3S/c1-24-19(23)17-13-8-3-2-4-10-15(13)25-18(17)21-16(22)11-12-7-5-6-9-14(12)20/h5-7,9H,2-4,8,10-11H2,1H3,(H,21,22). The summed E-state index contributed by atoms with van der Waals surface area (Å²) in [5.74, 6) is -0.567. The maximum absolute atomic E-state index is 12.5. The first-order chi connectivity index (χ1) is 12.1. The molecule has 0 saturated heterocycles. The molecule has 1 aromatic heterocycles. The number of fused-ring (bicyclic) bond motifs is 1. The van der Waals surface area contributed by atoms with Crippen molar-refractivity contribution in [2.45, 2.75) is 38.5 Å². The number of benzene rings is 1. The van der Waals surface area contributed by atoms with Crippen molar-refractivity contribution >= 4 is 39.8 Å². The van der Waals surface area contributed by atoms with E-state index in [1.54, 1.807) is 6.07 Å². The second kappa shape index (κ2) is 8.02. The van der Waals surface area contributed by atoms with Gasteiger partial charge < -0.3 is 10.1 Å². The van der Waals surface area contributed by atoms with Gasteiger partial charge in [-0.25, -0.2) is 4.79 Å². The van der Waals surface area contributed by atoms with Gasteiger partial charge in [0, 0.05) is 9.90 Å². The Bertz CT molecular complexity index is 800. The Morgan fingerprint density at radius 2 is 1.96 bits per heavy atom. The Balaban J connectivity index is 1.85. The van der Waals surface area contributed by atoms with Crippen molar-refractivity contribution in [1.82, 2.24) is 0 Å². The average molecular weight is 378 g/mol. The van der Waals surface area contributed by atoms with E-state index >= 15 is 0 Å². The zero-order valence-corrected chi connectivity index (χ0v) is 15.6. The Kier molecular flexibility index (Phi) is 5.76. The van der Waals surface area contributed by atoms with E-state index in [9.17, 15) is 9.59 Å². The van der Waals surface area contributed by atoms with Gasteiger partial charge in [-0.15, -0.1) is 11.3 Å². The molecule has 1 N–H and O–H groups in total. The second-order valence-corrected chi connectivity index (χ2v) is 7.59. The van der Waals surface area contributed by atoms with Gasteiger partial charge >= 0.3 is 5.97 Å². The highest BCUT2D eigenvalue weighted by molar-refractivity contribution is 7.17. The summed E-state index contributed by atoms with van der Waals surface area (Å²) in [5, 5.41) is 4.06. The Morgan fingerprint density at radius 3 is 2.72 bits per heavy atom. The fourth-order valence-corrected chi connectivity index (χ4v) is 4.63. The predicted molar refractivity (Wildman–Crippen MR) is 101 cm³/mol. The number of aryl methyl sites for hydroxylation is 1. The number of rotatable bonds is 4. The number of hydrogen-bond donors (Lipinski definition) is 1. The van der Waals surface area contributed by atoms with E-state index in [0.717, 1.165) is 43.2 Å². The van der Waals surface area contributed by atoms with Crippen molar-refractivity contribution in [3.63, 3.8) is 0 Å². The molecule has 2 aromatic rings. The first kappa shape index (κ1) is 18.0. The summed E-state index contributed by atoms with van der Waals surface area (Å²) >= 11 is 7.62. The highest BCUT2D eigenvalue weighted by Gasteiger charge is 2.26. The first-order valence-corrected chi connectivity index (χ1v) is 9.55. The Labute approximate surface area is 156 Å². The van der Waals surface area contributed by atoms with Gasteiger partial charge in [-0.2, -0.15) is 0 Å². The molecule has 0 atom stereocenters. The van der Waals surface area contributed by atoms with Gasteiger partial charge in [-0.1, -0.05) is 36.2 Å². The zero-order chi connectivity index (χ0) is 17.8. The lowest BCUT2D eigenvalue weighted by Crippen LogP contribution is -2.16. The third-order valence-electron chi connectivity index (χ3n) is 4.37. The van der Waals surface area contributed by atoms with Crippen molar-refractivity contribution < 1.29 is 14.3 Å². The largest absolute Gasteiger partial charge is 0.465 e. The third kappa shape index (κ3) is 4.05. The molecule has 0 fully saturated rings. The van der Waals surface area contributed by atoms with Gasteiger partial charge in [0.25, 0.3) is 0 Å². The van der Waals surface area contributed by atoms with Crippen molar-refractivity contribution in [1.29, 1.82) is 0 Å². The van der Waals surface area contributed by atoms with E-state index in [2.05, 4.69) is 5.32 Å². The fourth-order valence-electron chi connectivity index (χ4n) is 3.13. The molecule has 0 unspecified atom stereocenters. The molecule has 0 radical (unpaired) electrons. The molecule has 0 aliphatic heterocycles. The molecule has 6 heteroatoms. The van der Waals surface area contributed by atoms with E-state index in [1.165, 1.54) is 23.3 Å². The van der Waals surface area contributed by atoms with Crippen LogP contribution in [0.4, 0.5) is 5.00 Å². The van der Waals surface area contributed by atoms with Crippen molar-refractivity contribution in [2.24, 2.45) is 0 Å². The van der Waals surface area contributed by atoms with Crippen LogP contribution in [0.1, 0.15) is 45.6 Å². The number of hydrogen-bond acceptors (Lipinski definition) is 4. The average Bonchev–Trinajstić information content (AvgIpc) is 2.77. The fraction of sp³-hybridized carbons (Fsp3) is 0.368. The normalized spacial score (nSPS) is 13.7. The van der Waals surface area contributed by atoms with E-state index in [1.807, 2.05) is 18.2 Å². The van der Waals surface area contributed by atoms with Crippen LogP contribution in [0.25, 0.3) is 0 Å². The monoisotopic (exact) mass is 377 g/mol. The summed E-state index contributed by atoms with van der Waals surface area (Å²) < 4.78 is 4.96. The van der Waals surface area contributed by atoms with Crippen molar-refractivity contribution in [2.75, 3.05) is 12.4 Å². The predicted octanol–water partition coefficient (Wildman–Crippen LogP) is 4.64. The lowest BCUT2D eigenvalue weighted by molar-refractivity contribution is -0.115. The van der Waals surface area contributed by atoms with Crippen molar-refractivity contribution in [3.05, 3.63) is 50.9 Å². The molecule has 4 nitrogen and oxygen atoms in total. The van der Waals surface area contributed by atoms with Gasteiger partial charge in [0.1, 0.15) is 5.00 Å². The van der Waals surface area contributed by atoms with Crippen molar-refractivity contribution in [3.8, 4) is 0 Å². The number of anilines is 1. The molecule has 0 saturated carbocycles. The summed E-state index contributed by atoms with van der Waals surface area (Å²) in [4.78, 5) is 25.9. The maximum Gasteiger partial charge on any atom is 0.341 e. The minimum Gasteiger partial charge on any atom is -0.465 e. The van der Waals surface area contributed by atoms with Crippen LogP contribution in [0.15, 0.2) is 24.3 Å². The van der Waals surface area contributed by atoms with Crippen LogP contribution >= 0.6 is 22.9 Å². The number of thiophene rings is 1. The van der Waals surface area contributed by atoms with E-state index in [0.29, 0.717) is 15.6 Å². The molecule has 1 aliphatic rings. The van der Waals surface area contributed by atoms with Crippen LogP contribution in [-0.4, -0.2) is 19.0 Å². The van der Waals surface area contributed by atoms with Crippen LogP contribution < -0.4 is 5.32 Å². The van der Waals surface area contributed by atoms with Gasteiger partial charge in [0.15, 0.2) is 0 Å². The van der Waals surface area contributed by atoms with Gasteiger partial charge in [-0.3, -0.25) is 4.79 Å². The molecular formula is C19H20ClNO3S. The summed E-state index contributed by atoms with van der Waals surface area (Å²) in [6, 6.07) is 7.27. The number of esters is 1. The maximum atomic E-state index is 12.5. The molecule has 1 aromatic carbocycles. The molecule has 0 bridgehead atoms. The van der Waals surface area contributed by atoms with E-state index in [-0.39, 0.29) is 18.3 Å². The molecule has 1 amide bonds. The number of carbonyl (C=O) groups excluding carboxylic acids is 2. The molecule has 0 spiro atoms. The lowest BCUT2D eigenvalue weighted by atomic mass is 10.1. The first-order valence-electron chi connectivity index (χ1n) is 8.36. The van der Waals surface area contributed by atoms with E-state index < -0.39 is 0 Å². The quantitative estimate of drug-likeness (QED) is 0.623. The molecule has 1 aliphatic carbocycles. The smallest absolute Gasteiger partial charge is 0.341 e. The summed E-state index contributed by atoms with van der Waals surface area (Å²) in [5.41, 5.74) is 2.33. The van der Waals surface area contributed by atoms with Crippen LogP contribution in [0.3, 0.4) is 0 Å².